The van der Waals surface area contributed by atoms with E-state index in [1.807, 2.05) is 0 Å². The van der Waals surface area contributed by atoms with Gasteiger partial charge in [-0.1, -0.05) is 23.2 Å². The molecule has 1 aromatic heterocycles. The van der Waals surface area contributed by atoms with E-state index in [9.17, 15) is 14.9 Å². The maximum absolute atomic E-state index is 12.0. The van der Waals surface area contributed by atoms with E-state index in [1.54, 1.807) is 6.07 Å². The van der Waals surface area contributed by atoms with Crippen LogP contribution in [0.1, 0.15) is 10.4 Å². The third kappa shape index (κ3) is 3.10. The van der Waals surface area contributed by atoms with Gasteiger partial charge in [-0.25, -0.2) is 0 Å². The molecular weight excluding hydrogens is 293 g/mol. The topological polar surface area (TPSA) is 78.0 Å². The maximum atomic E-state index is 12.0. The van der Waals surface area contributed by atoms with Crippen molar-refractivity contribution < 1.29 is 9.72 Å². The minimum absolute atomic E-state index is 0.0963. The van der Waals surface area contributed by atoms with Crippen molar-refractivity contribution in [3.63, 3.8) is 0 Å². The van der Waals surface area contributed by atoms with Gasteiger partial charge in [0, 0.05) is 10.6 Å². The second kappa shape index (κ2) is 5.38. The number of ketones is 1. The summed E-state index contributed by atoms with van der Waals surface area (Å²) in [4.78, 5) is 25.4. The van der Waals surface area contributed by atoms with Crippen molar-refractivity contribution >= 4 is 34.8 Å². The summed E-state index contributed by atoms with van der Waals surface area (Å²) in [6, 6.07) is 4.55. The van der Waals surface area contributed by atoms with E-state index in [1.165, 1.54) is 29.2 Å². The molecule has 1 aromatic carbocycles. The number of hydrogen-bond donors (Lipinski definition) is 0. The van der Waals surface area contributed by atoms with Gasteiger partial charge >= 0.3 is 5.82 Å². The number of Topliss-reactive ketones (excluding diaryl/α,β-unsaturated/α-hetero) is 1. The molecule has 0 spiro atoms. The Morgan fingerprint density at radius 2 is 2.16 bits per heavy atom. The van der Waals surface area contributed by atoms with Crippen LogP contribution in [0.25, 0.3) is 0 Å². The second-order valence-corrected chi connectivity index (χ2v) is 4.55. The van der Waals surface area contributed by atoms with Crippen LogP contribution in [-0.4, -0.2) is 20.3 Å². The average Bonchev–Trinajstić information content (AvgIpc) is 2.80. The molecule has 98 valence electrons. The van der Waals surface area contributed by atoms with Crippen molar-refractivity contribution in [1.29, 1.82) is 0 Å². The number of nitrogens with zero attached hydrogens (tertiary/aromatic N) is 3. The zero-order chi connectivity index (χ0) is 14.0. The van der Waals surface area contributed by atoms with Gasteiger partial charge in [0.2, 0.25) is 6.33 Å². The van der Waals surface area contributed by atoms with E-state index in [2.05, 4.69) is 4.98 Å². The molecule has 0 radical (unpaired) electrons. The molecule has 0 atom stereocenters. The Balaban J connectivity index is 2.20. The van der Waals surface area contributed by atoms with Crippen LogP contribution in [0.3, 0.4) is 0 Å². The Labute approximate surface area is 117 Å². The molecule has 0 saturated heterocycles. The Kier molecular flexibility index (Phi) is 3.82. The van der Waals surface area contributed by atoms with Crippen molar-refractivity contribution in [1.82, 2.24) is 9.55 Å². The number of aromatic nitrogens is 2. The number of nitro groups is 1. The molecule has 0 amide bonds. The van der Waals surface area contributed by atoms with Gasteiger partial charge in [-0.2, -0.15) is 0 Å². The molecule has 8 heteroatoms. The Morgan fingerprint density at radius 3 is 2.79 bits per heavy atom. The Morgan fingerprint density at radius 1 is 1.42 bits per heavy atom. The average molecular weight is 300 g/mol. The number of carbonyl (C=O) groups is 1. The summed E-state index contributed by atoms with van der Waals surface area (Å²) < 4.78 is 1.32. The smallest absolute Gasteiger partial charge is 0.358 e. The molecule has 0 aliphatic heterocycles. The van der Waals surface area contributed by atoms with Crippen LogP contribution < -0.4 is 0 Å². The molecule has 0 N–H and O–H groups in total. The predicted octanol–water partition coefficient (Wildman–Crippen LogP) is 2.98. The number of hydrogen-bond acceptors (Lipinski definition) is 4. The molecule has 0 saturated carbocycles. The van der Waals surface area contributed by atoms with Gasteiger partial charge in [0.05, 0.1) is 11.6 Å². The van der Waals surface area contributed by atoms with Crippen LogP contribution in [0.5, 0.6) is 0 Å². The largest absolute Gasteiger partial charge is 0.381 e. The van der Waals surface area contributed by atoms with E-state index in [-0.39, 0.29) is 28.7 Å². The zero-order valence-corrected chi connectivity index (χ0v) is 10.9. The molecule has 0 unspecified atom stereocenters. The van der Waals surface area contributed by atoms with Gasteiger partial charge in [0.25, 0.3) is 0 Å². The number of imidazole rings is 1. The molecule has 2 aromatic rings. The minimum Gasteiger partial charge on any atom is -0.358 e. The third-order valence-corrected chi connectivity index (χ3v) is 2.93. The first-order chi connectivity index (χ1) is 8.97. The zero-order valence-electron chi connectivity index (χ0n) is 9.42. The summed E-state index contributed by atoms with van der Waals surface area (Å²) in [5.41, 5.74) is 0.269. The standard InChI is InChI=1S/C11H7Cl2N3O3/c12-7-1-2-9(13)8(3-7)10(17)4-15-5-11(14-6-15)16(18)19/h1-3,5-6H,4H2. The molecular formula is C11H7Cl2N3O3. The normalized spacial score (nSPS) is 10.4. The summed E-state index contributed by atoms with van der Waals surface area (Å²) in [5, 5.41) is 11.1. The first kappa shape index (κ1) is 13.5. The van der Waals surface area contributed by atoms with Crippen LogP contribution >= 0.6 is 23.2 Å². The molecule has 0 aliphatic carbocycles. The lowest BCUT2D eigenvalue weighted by atomic mass is 10.1. The molecule has 6 nitrogen and oxygen atoms in total. The molecule has 1 heterocycles. The maximum Gasteiger partial charge on any atom is 0.381 e. The summed E-state index contributed by atoms with van der Waals surface area (Å²) in [6.07, 6.45) is 2.39. The van der Waals surface area contributed by atoms with Crippen molar-refractivity contribution in [2.45, 2.75) is 6.54 Å². The third-order valence-electron chi connectivity index (χ3n) is 2.36. The van der Waals surface area contributed by atoms with Crippen molar-refractivity contribution in [3.8, 4) is 0 Å². The van der Waals surface area contributed by atoms with E-state index in [4.69, 9.17) is 23.2 Å². The van der Waals surface area contributed by atoms with Crippen LogP contribution in [-0.2, 0) is 6.54 Å². The first-order valence-corrected chi connectivity index (χ1v) is 5.87. The fraction of sp³-hybridized carbons (Fsp3) is 0.0909. The highest BCUT2D eigenvalue weighted by molar-refractivity contribution is 6.35. The predicted molar refractivity (Wildman–Crippen MR) is 69.7 cm³/mol. The number of carbonyl (C=O) groups excluding carboxylic acids is 1. The van der Waals surface area contributed by atoms with E-state index < -0.39 is 4.92 Å². The summed E-state index contributed by atoms with van der Waals surface area (Å²) in [6.45, 7) is -0.0963. The van der Waals surface area contributed by atoms with Gasteiger partial charge in [-0.3, -0.25) is 4.79 Å². The summed E-state index contributed by atoms with van der Waals surface area (Å²) >= 11 is 11.7. The lowest BCUT2D eigenvalue weighted by Crippen LogP contribution is -2.09. The monoisotopic (exact) mass is 299 g/mol. The number of rotatable bonds is 4. The highest BCUT2D eigenvalue weighted by atomic mass is 35.5. The van der Waals surface area contributed by atoms with Crippen molar-refractivity contribution in [3.05, 3.63) is 56.4 Å². The quantitative estimate of drug-likeness (QED) is 0.494. The van der Waals surface area contributed by atoms with E-state index in [0.717, 1.165) is 0 Å². The fourth-order valence-electron chi connectivity index (χ4n) is 1.49. The molecule has 0 aliphatic rings. The fourth-order valence-corrected chi connectivity index (χ4v) is 1.89. The highest BCUT2D eigenvalue weighted by Crippen LogP contribution is 2.21. The molecule has 0 fully saturated rings. The van der Waals surface area contributed by atoms with E-state index >= 15 is 0 Å². The van der Waals surface area contributed by atoms with Gasteiger partial charge in [0.15, 0.2) is 5.78 Å². The second-order valence-electron chi connectivity index (χ2n) is 3.71. The summed E-state index contributed by atoms with van der Waals surface area (Å²) in [7, 11) is 0. The molecule has 0 bridgehead atoms. The lowest BCUT2D eigenvalue weighted by Gasteiger charge is -2.04. The van der Waals surface area contributed by atoms with Crippen LogP contribution in [0.2, 0.25) is 10.0 Å². The number of halogens is 2. The summed E-state index contributed by atoms with van der Waals surface area (Å²) in [5.74, 6) is -0.621. The van der Waals surface area contributed by atoms with Gasteiger partial charge < -0.3 is 14.7 Å². The lowest BCUT2D eigenvalue weighted by molar-refractivity contribution is -0.389. The molecule has 2 rings (SSSR count). The minimum atomic E-state index is -0.632. The van der Waals surface area contributed by atoms with Gasteiger partial charge in [-0.05, 0) is 28.1 Å². The highest BCUT2D eigenvalue weighted by Gasteiger charge is 2.15. The van der Waals surface area contributed by atoms with Crippen LogP contribution in [0.15, 0.2) is 30.7 Å². The van der Waals surface area contributed by atoms with Crippen molar-refractivity contribution in [2.24, 2.45) is 0 Å². The van der Waals surface area contributed by atoms with Gasteiger partial charge in [0.1, 0.15) is 6.20 Å². The van der Waals surface area contributed by atoms with E-state index in [0.29, 0.717) is 5.02 Å². The van der Waals surface area contributed by atoms with Crippen LogP contribution in [0, 0.1) is 10.1 Å². The van der Waals surface area contributed by atoms with Crippen LogP contribution in [0.4, 0.5) is 5.82 Å². The molecule has 19 heavy (non-hydrogen) atoms. The van der Waals surface area contributed by atoms with Gasteiger partial charge in [-0.15, -0.1) is 0 Å². The van der Waals surface area contributed by atoms with Crippen molar-refractivity contribution in [2.75, 3.05) is 0 Å². The Bertz CT molecular complexity index is 654. The Hall–Kier alpha value is -1.92. The SMILES string of the molecule is O=C(Cn1cnc([N+](=O)[O-])c1)c1cc(Cl)ccc1Cl. The first-order valence-electron chi connectivity index (χ1n) is 5.12. The number of benzene rings is 1.